The largest absolute Gasteiger partial charge is 0.315 e. The van der Waals surface area contributed by atoms with Gasteiger partial charge in [-0.2, -0.15) is 12.6 Å². The summed E-state index contributed by atoms with van der Waals surface area (Å²) >= 11 is 6.83. The molecule has 2 fully saturated rings. The molecule has 5 heterocycles. The molecular formula is C32H37N5S2. The van der Waals surface area contributed by atoms with Crippen molar-refractivity contribution in [2.45, 2.75) is 63.0 Å². The Bertz CT molecular complexity index is 1450. The molecule has 3 aliphatic rings. The molecule has 0 radical (unpaired) electrons. The van der Waals surface area contributed by atoms with Crippen LogP contribution in [0.1, 0.15) is 65.2 Å². The van der Waals surface area contributed by atoms with Gasteiger partial charge in [-0.1, -0.05) is 48.5 Å². The first-order valence-corrected chi connectivity index (χ1v) is 15.8. The van der Waals surface area contributed by atoms with E-state index < -0.39 is 0 Å². The number of aromatic nitrogens is 2. The Morgan fingerprint density at radius 1 is 1.03 bits per heavy atom. The van der Waals surface area contributed by atoms with E-state index in [1.54, 1.807) is 11.3 Å². The van der Waals surface area contributed by atoms with Crippen LogP contribution in [0.15, 0.2) is 53.9 Å². The van der Waals surface area contributed by atoms with Crippen LogP contribution in [0.3, 0.4) is 0 Å². The number of benzene rings is 2. The molecule has 202 valence electrons. The van der Waals surface area contributed by atoms with Crippen LogP contribution in [0.25, 0.3) is 21.3 Å². The average Bonchev–Trinajstić information content (AvgIpc) is 3.56. The van der Waals surface area contributed by atoms with E-state index in [1.165, 1.54) is 51.7 Å². The lowest BCUT2D eigenvalue weighted by molar-refractivity contribution is 0.162. The Morgan fingerprint density at radius 2 is 1.87 bits per heavy atom. The molecule has 0 saturated carbocycles. The van der Waals surface area contributed by atoms with E-state index in [0.29, 0.717) is 12.0 Å². The van der Waals surface area contributed by atoms with Gasteiger partial charge in [0, 0.05) is 47.9 Å². The van der Waals surface area contributed by atoms with Crippen LogP contribution in [0, 0.1) is 6.92 Å². The third kappa shape index (κ3) is 4.93. The van der Waals surface area contributed by atoms with Crippen molar-refractivity contribution in [2.75, 3.05) is 26.2 Å². The van der Waals surface area contributed by atoms with Gasteiger partial charge in [0.1, 0.15) is 10.7 Å². The van der Waals surface area contributed by atoms with Crippen molar-refractivity contribution in [3.63, 3.8) is 0 Å². The number of thiophene rings is 1. The average molecular weight is 556 g/mol. The molecular weight excluding hydrogens is 519 g/mol. The number of thiol groups is 1. The first kappa shape index (κ1) is 25.7. The zero-order chi connectivity index (χ0) is 26.3. The smallest absolute Gasteiger partial charge is 0.127 e. The van der Waals surface area contributed by atoms with Crippen LogP contribution in [0.2, 0.25) is 0 Å². The van der Waals surface area contributed by atoms with Gasteiger partial charge in [-0.05, 0) is 74.5 Å². The standard InChI is InChI=1S/C32H37N5S2/c1-21-34-30(29-28(20-39-31(29)35-21)22-7-3-2-4-8-22)23-12-15-36(16-13-23)18-24-9-5-11-26-27(24)19-37(32(26)38)25-10-6-14-33-17-25/h2-5,7-9,11,20,23,25,32-33,38H,6,10,12-19H2,1H3. The van der Waals surface area contributed by atoms with Gasteiger partial charge in [-0.15, -0.1) is 11.3 Å². The summed E-state index contributed by atoms with van der Waals surface area (Å²) in [5.41, 5.74) is 8.22. The first-order chi connectivity index (χ1) is 19.2. The second-order valence-corrected chi connectivity index (χ2v) is 12.8. The number of aryl methyl sites for hydroxylation is 1. The molecule has 7 heteroatoms. The summed E-state index contributed by atoms with van der Waals surface area (Å²) in [7, 11) is 0. The van der Waals surface area contributed by atoms with Gasteiger partial charge >= 0.3 is 0 Å². The van der Waals surface area contributed by atoms with Crippen molar-refractivity contribution in [3.05, 3.63) is 82.1 Å². The first-order valence-electron chi connectivity index (χ1n) is 14.4. The molecule has 2 aromatic heterocycles. The van der Waals surface area contributed by atoms with Crippen molar-refractivity contribution in [2.24, 2.45) is 0 Å². The van der Waals surface area contributed by atoms with Crippen LogP contribution in [0.4, 0.5) is 0 Å². The fourth-order valence-corrected chi connectivity index (χ4v) is 8.45. The fourth-order valence-electron chi connectivity index (χ4n) is 6.94. The number of fused-ring (bicyclic) bond motifs is 2. The van der Waals surface area contributed by atoms with E-state index >= 15 is 0 Å². The second kappa shape index (κ2) is 10.9. The number of piperidine rings is 2. The van der Waals surface area contributed by atoms with Gasteiger partial charge in [0.25, 0.3) is 0 Å². The van der Waals surface area contributed by atoms with Gasteiger partial charge in [-0.3, -0.25) is 9.80 Å². The van der Waals surface area contributed by atoms with Gasteiger partial charge in [0.15, 0.2) is 0 Å². The number of rotatable bonds is 5. The molecule has 0 bridgehead atoms. The van der Waals surface area contributed by atoms with Crippen molar-refractivity contribution in [1.82, 2.24) is 25.1 Å². The minimum atomic E-state index is 0.212. The monoisotopic (exact) mass is 555 g/mol. The normalized spacial score (nSPS) is 22.9. The third-order valence-electron chi connectivity index (χ3n) is 9.01. The van der Waals surface area contributed by atoms with Gasteiger partial charge in [-0.25, -0.2) is 9.97 Å². The highest BCUT2D eigenvalue weighted by atomic mass is 32.1. The Kier molecular flexibility index (Phi) is 7.20. The van der Waals surface area contributed by atoms with Gasteiger partial charge < -0.3 is 5.32 Å². The zero-order valence-corrected chi connectivity index (χ0v) is 24.4. The molecule has 0 spiro atoms. The molecule has 1 N–H and O–H groups in total. The molecule has 2 saturated heterocycles. The van der Waals surface area contributed by atoms with Crippen LogP contribution in [-0.2, 0) is 13.1 Å². The summed E-state index contributed by atoms with van der Waals surface area (Å²) in [4.78, 5) is 16.3. The second-order valence-electron chi connectivity index (χ2n) is 11.4. The lowest BCUT2D eigenvalue weighted by Crippen LogP contribution is -2.44. The maximum absolute atomic E-state index is 5.08. The molecule has 2 aromatic carbocycles. The molecule has 0 amide bonds. The Morgan fingerprint density at radius 3 is 2.67 bits per heavy atom. The fraction of sp³-hybridized carbons (Fsp3) is 0.438. The van der Waals surface area contributed by atoms with Gasteiger partial charge in [0.2, 0.25) is 0 Å². The maximum atomic E-state index is 5.08. The summed E-state index contributed by atoms with van der Waals surface area (Å²) in [6.45, 7) is 8.53. The highest BCUT2D eigenvalue weighted by Crippen LogP contribution is 2.42. The third-order valence-corrected chi connectivity index (χ3v) is 10.5. The summed E-state index contributed by atoms with van der Waals surface area (Å²) in [5, 5.41) is 7.34. The van der Waals surface area contributed by atoms with E-state index in [1.807, 2.05) is 6.92 Å². The quantitative estimate of drug-likeness (QED) is 0.274. The SMILES string of the molecule is Cc1nc(C2CCN(Cc3cccc4c3CN(C3CCCNC3)C4S)CC2)c2c(-c3ccccc3)csc2n1. The molecule has 5 nitrogen and oxygen atoms in total. The number of nitrogens with one attached hydrogen (secondary N) is 1. The summed E-state index contributed by atoms with van der Waals surface area (Å²) in [6.07, 6.45) is 4.81. The number of likely N-dealkylation sites (tertiary alicyclic amines) is 1. The number of hydrogen-bond acceptors (Lipinski definition) is 7. The molecule has 39 heavy (non-hydrogen) atoms. The van der Waals surface area contributed by atoms with Crippen LogP contribution in [-0.4, -0.2) is 52.0 Å². The lowest BCUT2D eigenvalue weighted by atomic mass is 9.89. The van der Waals surface area contributed by atoms with E-state index in [9.17, 15) is 0 Å². The molecule has 0 aliphatic carbocycles. The van der Waals surface area contributed by atoms with E-state index in [0.717, 1.165) is 62.8 Å². The van der Waals surface area contributed by atoms with Crippen molar-refractivity contribution < 1.29 is 0 Å². The summed E-state index contributed by atoms with van der Waals surface area (Å²) in [6, 6.07) is 18.2. The number of hydrogen-bond donors (Lipinski definition) is 2. The number of nitrogens with zero attached hydrogens (tertiary/aromatic N) is 4. The minimum absolute atomic E-state index is 0.212. The molecule has 3 aliphatic heterocycles. The van der Waals surface area contributed by atoms with Crippen molar-refractivity contribution in [1.29, 1.82) is 0 Å². The molecule has 4 aromatic rings. The van der Waals surface area contributed by atoms with Crippen molar-refractivity contribution >= 4 is 34.2 Å². The van der Waals surface area contributed by atoms with Crippen LogP contribution in [0.5, 0.6) is 0 Å². The highest BCUT2D eigenvalue weighted by Gasteiger charge is 2.35. The van der Waals surface area contributed by atoms with E-state index in [2.05, 4.69) is 69.0 Å². The van der Waals surface area contributed by atoms with E-state index in [-0.39, 0.29) is 5.37 Å². The lowest BCUT2D eigenvalue weighted by Gasteiger charge is -2.34. The zero-order valence-electron chi connectivity index (χ0n) is 22.6. The Balaban J connectivity index is 1.08. The molecule has 7 rings (SSSR count). The predicted octanol–water partition coefficient (Wildman–Crippen LogP) is 6.54. The van der Waals surface area contributed by atoms with Crippen LogP contribution < -0.4 is 5.32 Å². The predicted molar refractivity (Wildman–Crippen MR) is 164 cm³/mol. The van der Waals surface area contributed by atoms with Crippen LogP contribution >= 0.6 is 24.0 Å². The highest BCUT2D eigenvalue weighted by molar-refractivity contribution is 7.80. The molecule has 2 atom stereocenters. The Labute approximate surface area is 241 Å². The Hall–Kier alpha value is -2.29. The van der Waals surface area contributed by atoms with Crippen molar-refractivity contribution in [3.8, 4) is 11.1 Å². The molecule has 2 unspecified atom stereocenters. The topological polar surface area (TPSA) is 44.3 Å². The summed E-state index contributed by atoms with van der Waals surface area (Å²) in [5.74, 6) is 1.36. The summed E-state index contributed by atoms with van der Waals surface area (Å²) < 4.78 is 0. The van der Waals surface area contributed by atoms with Gasteiger partial charge in [0.05, 0.1) is 11.1 Å². The maximum Gasteiger partial charge on any atom is 0.127 e. The minimum Gasteiger partial charge on any atom is -0.315 e. The van der Waals surface area contributed by atoms with E-state index in [4.69, 9.17) is 22.6 Å².